The van der Waals surface area contributed by atoms with E-state index in [2.05, 4.69) is 10.3 Å². The van der Waals surface area contributed by atoms with E-state index in [0.717, 1.165) is 39.4 Å². The normalized spacial score (nSPS) is 12.6. The number of hydrogen-bond acceptors (Lipinski definition) is 8. The molecule has 1 aliphatic heterocycles. The summed E-state index contributed by atoms with van der Waals surface area (Å²) in [5, 5.41) is 4.71. The van der Waals surface area contributed by atoms with E-state index in [1.807, 2.05) is 98.8 Å². The Kier molecular flexibility index (Phi) is 8.26. The molecule has 2 aliphatic rings. The van der Waals surface area contributed by atoms with E-state index in [4.69, 9.17) is 4.42 Å². The predicted octanol–water partition coefficient (Wildman–Crippen LogP) is 4.42. The highest BCUT2D eigenvalue weighted by Gasteiger charge is 2.24. The van der Waals surface area contributed by atoms with Crippen LogP contribution < -0.4 is 15.7 Å². The van der Waals surface area contributed by atoms with Crippen molar-refractivity contribution in [1.29, 1.82) is 0 Å². The van der Waals surface area contributed by atoms with Gasteiger partial charge in [0, 0.05) is 51.5 Å². The molecule has 0 amide bonds. The molecule has 2 N–H and O–H groups in total. The molecule has 46 heavy (non-hydrogen) atoms. The number of anilines is 1. The topological polar surface area (TPSA) is 154 Å². The molecule has 0 aromatic heterocycles. The molecular weight excluding hydrogens is 625 g/mol. The van der Waals surface area contributed by atoms with Crippen molar-refractivity contribution in [3.05, 3.63) is 131 Å². The second-order valence-electron chi connectivity index (χ2n) is 11.0. The van der Waals surface area contributed by atoms with Crippen LogP contribution in [0.2, 0.25) is 0 Å². The molecule has 0 atom stereocenters. The van der Waals surface area contributed by atoms with E-state index in [-0.39, 0.29) is 5.56 Å². The molecule has 0 fully saturated rings. The number of rotatable bonds is 8. The fraction of sp³-hybridized carbons (Fsp3) is 0.114. The van der Waals surface area contributed by atoms with Gasteiger partial charge in [-0.15, -0.1) is 0 Å². The van der Waals surface area contributed by atoms with Crippen molar-refractivity contribution in [1.82, 2.24) is 0 Å². The Morgan fingerprint density at radius 1 is 0.717 bits per heavy atom. The molecule has 1 aliphatic carbocycles. The summed E-state index contributed by atoms with van der Waals surface area (Å²) in [4.78, 5) is 1.80. The summed E-state index contributed by atoms with van der Waals surface area (Å²) in [6, 6.07) is 29.8. The summed E-state index contributed by atoms with van der Waals surface area (Å²) in [6.07, 6.45) is 0. The maximum atomic E-state index is 12.6. The molecule has 234 valence electrons. The quantitative estimate of drug-likeness (QED) is 0.181. The standard InChI is InChI=1S/C35H30N2O7S2/c1-22-15-28-32(18-30(22)36-20-24-9-5-3-6-10-24)44-33-19-31(37-21-25-11-7-4-8-12-25)23(2)16-29(33)35(28)27-14-13-26(45(38,39)40)17-34(27)46(41,42)43/h3-19,36H,20-21H2,1-2H3,(H,38,39,40)(H,41,42,43)/p-1. The van der Waals surface area contributed by atoms with Gasteiger partial charge in [-0.2, -0.15) is 0 Å². The minimum Gasteiger partial charge on any atom is -0.744 e. The van der Waals surface area contributed by atoms with E-state index in [0.29, 0.717) is 47.0 Å². The molecule has 6 rings (SSSR count). The van der Waals surface area contributed by atoms with Gasteiger partial charge in [0.1, 0.15) is 31.6 Å². The van der Waals surface area contributed by atoms with Gasteiger partial charge in [-0.3, -0.25) is 0 Å². The van der Waals surface area contributed by atoms with Crippen LogP contribution in [0.25, 0.3) is 33.4 Å². The van der Waals surface area contributed by atoms with E-state index < -0.39 is 30.0 Å². The fourth-order valence-corrected chi connectivity index (χ4v) is 6.81. The molecule has 0 bridgehead atoms. The average Bonchev–Trinajstić information content (AvgIpc) is 3.02. The first-order chi connectivity index (χ1) is 21.9. The SMILES string of the molecule is Cc1cc2c(-c3ccc(S(=O)(=O)[O-])cc3S(=O)(=O)[O-])c3cc(C)c(=[NH+]Cc4ccccc4)cc-3oc2cc1NCc1ccccc1. The minimum absolute atomic E-state index is 0.0398. The number of fused-ring (bicyclic) bond motifs is 2. The van der Waals surface area contributed by atoms with Crippen LogP contribution in [-0.4, -0.2) is 25.9 Å². The van der Waals surface area contributed by atoms with Gasteiger partial charge < -0.3 is 18.8 Å². The zero-order valence-corrected chi connectivity index (χ0v) is 26.5. The lowest BCUT2D eigenvalue weighted by atomic mass is 9.91. The molecule has 0 radical (unpaired) electrons. The molecule has 9 nitrogen and oxygen atoms in total. The van der Waals surface area contributed by atoms with Crippen molar-refractivity contribution < 1.29 is 35.4 Å². The third kappa shape index (κ3) is 6.44. The lowest BCUT2D eigenvalue weighted by Gasteiger charge is -2.21. The maximum Gasteiger partial charge on any atom is 0.205 e. The van der Waals surface area contributed by atoms with Crippen molar-refractivity contribution in [2.75, 3.05) is 5.32 Å². The van der Waals surface area contributed by atoms with Crippen LogP contribution >= 0.6 is 0 Å². The lowest BCUT2D eigenvalue weighted by molar-refractivity contribution is -0.518. The molecule has 0 saturated heterocycles. The third-order valence-electron chi connectivity index (χ3n) is 7.84. The van der Waals surface area contributed by atoms with Crippen molar-refractivity contribution >= 4 is 36.9 Å². The Bertz CT molecular complexity index is 2350. The molecule has 4 aromatic carbocycles. The van der Waals surface area contributed by atoms with Gasteiger partial charge in [0.15, 0.2) is 6.54 Å². The molecule has 0 unspecified atom stereocenters. The zero-order valence-electron chi connectivity index (χ0n) is 24.9. The van der Waals surface area contributed by atoms with Gasteiger partial charge >= 0.3 is 0 Å². The third-order valence-corrected chi connectivity index (χ3v) is 9.55. The van der Waals surface area contributed by atoms with E-state index in [1.54, 1.807) is 0 Å². The number of benzene rings is 5. The molecule has 11 heteroatoms. The van der Waals surface area contributed by atoms with Gasteiger partial charge in [0.2, 0.25) is 5.36 Å². The van der Waals surface area contributed by atoms with Gasteiger partial charge in [-0.25, -0.2) is 21.8 Å². The first-order valence-electron chi connectivity index (χ1n) is 14.3. The average molecular weight is 654 g/mol. The second-order valence-corrected chi connectivity index (χ2v) is 13.8. The molecule has 0 spiro atoms. The van der Waals surface area contributed by atoms with Gasteiger partial charge in [0.05, 0.1) is 15.9 Å². The zero-order chi connectivity index (χ0) is 32.6. The first-order valence-corrected chi connectivity index (χ1v) is 17.2. The summed E-state index contributed by atoms with van der Waals surface area (Å²) < 4.78 is 79.5. The van der Waals surface area contributed by atoms with Crippen LogP contribution in [0.15, 0.2) is 117 Å². The van der Waals surface area contributed by atoms with Crippen LogP contribution in [0.3, 0.4) is 0 Å². The van der Waals surface area contributed by atoms with Crippen LogP contribution in [0.4, 0.5) is 5.69 Å². The highest BCUT2D eigenvalue weighted by atomic mass is 32.2. The fourth-order valence-electron chi connectivity index (χ4n) is 5.53. The van der Waals surface area contributed by atoms with Crippen LogP contribution in [-0.2, 0) is 33.3 Å². The number of aryl methyl sites for hydroxylation is 2. The maximum absolute atomic E-state index is 12.6. The summed E-state index contributed by atoms with van der Waals surface area (Å²) >= 11 is 0. The monoisotopic (exact) mass is 653 g/mol. The van der Waals surface area contributed by atoms with Crippen LogP contribution in [0, 0.1) is 13.8 Å². The highest BCUT2D eigenvalue weighted by molar-refractivity contribution is 7.86. The number of nitrogens with one attached hydrogen (secondary N) is 2. The van der Waals surface area contributed by atoms with Crippen LogP contribution in [0.5, 0.6) is 0 Å². The Balaban J connectivity index is 1.62. The predicted molar refractivity (Wildman–Crippen MR) is 172 cm³/mol. The van der Waals surface area contributed by atoms with Crippen LogP contribution in [0.1, 0.15) is 22.3 Å². The molecule has 0 saturated carbocycles. The summed E-state index contributed by atoms with van der Waals surface area (Å²) in [6.45, 7) is 4.87. The first kappa shape index (κ1) is 31.2. The van der Waals surface area contributed by atoms with E-state index in [1.165, 1.54) is 6.07 Å². The van der Waals surface area contributed by atoms with Gasteiger partial charge in [-0.1, -0.05) is 66.7 Å². The Hall–Kier alpha value is -4.81. The van der Waals surface area contributed by atoms with E-state index in [9.17, 15) is 25.9 Å². The Morgan fingerprint density at radius 3 is 2.04 bits per heavy atom. The van der Waals surface area contributed by atoms with Crippen molar-refractivity contribution in [2.24, 2.45) is 0 Å². The van der Waals surface area contributed by atoms with Crippen molar-refractivity contribution in [3.8, 4) is 22.5 Å². The number of hydrogen-bond donors (Lipinski definition) is 2. The second kappa shape index (κ2) is 12.2. The Morgan fingerprint density at radius 2 is 1.39 bits per heavy atom. The summed E-state index contributed by atoms with van der Waals surface area (Å²) in [5.41, 5.74) is 5.79. The summed E-state index contributed by atoms with van der Waals surface area (Å²) in [7, 11) is -10.3. The van der Waals surface area contributed by atoms with Crippen molar-refractivity contribution in [3.63, 3.8) is 0 Å². The molecule has 1 heterocycles. The molecule has 4 aromatic rings. The smallest absolute Gasteiger partial charge is 0.205 e. The van der Waals surface area contributed by atoms with Gasteiger partial charge in [0.25, 0.3) is 0 Å². The highest BCUT2D eigenvalue weighted by Crippen LogP contribution is 2.44. The lowest BCUT2D eigenvalue weighted by Crippen LogP contribution is -2.75. The van der Waals surface area contributed by atoms with Crippen molar-refractivity contribution in [2.45, 2.75) is 36.7 Å². The van der Waals surface area contributed by atoms with E-state index >= 15 is 0 Å². The molecular formula is C35H29N2O7S2-. The largest absolute Gasteiger partial charge is 0.744 e. The Labute approximate surface area is 266 Å². The van der Waals surface area contributed by atoms with Gasteiger partial charge in [-0.05, 0) is 49.2 Å². The minimum atomic E-state index is -5.23. The summed E-state index contributed by atoms with van der Waals surface area (Å²) in [5.74, 6) is 0.399.